The summed E-state index contributed by atoms with van der Waals surface area (Å²) in [6.07, 6.45) is -1.13. The molecular formula is C17H17FN2O4S. The quantitative estimate of drug-likeness (QED) is 0.884. The molecule has 1 N–H and O–H groups in total. The van der Waals surface area contributed by atoms with Crippen LogP contribution in [0.3, 0.4) is 0 Å². The van der Waals surface area contributed by atoms with E-state index in [-0.39, 0.29) is 18.0 Å². The summed E-state index contributed by atoms with van der Waals surface area (Å²) in [6, 6.07) is 11.9. The largest absolute Gasteiger partial charge is 0.443 e. The van der Waals surface area contributed by atoms with Crippen molar-refractivity contribution in [3.63, 3.8) is 0 Å². The minimum atomic E-state index is -3.80. The van der Waals surface area contributed by atoms with E-state index in [9.17, 15) is 17.6 Å². The summed E-state index contributed by atoms with van der Waals surface area (Å²) >= 11 is 0. The molecule has 2 aromatic rings. The van der Waals surface area contributed by atoms with Crippen molar-refractivity contribution in [1.29, 1.82) is 0 Å². The maximum Gasteiger partial charge on any atom is 0.414 e. The Bertz CT molecular complexity index is 884. The molecule has 1 aliphatic heterocycles. The van der Waals surface area contributed by atoms with E-state index >= 15 is 0 Å². The first-order valence-electron chi connectivity index (χ1n) is 7.65. The first kappa shape index (κ1) is 17.4. The van der Waals surface area contributed by atoms with Gasteiger partial charge < -0.3 is 4.74 Å². The van der Waals surface area contributed by atoms with Gasteiger partial charge in [0.25, 0.3) is 0 Å². The van der Waals surface area contributed by atoms with Crippen LogP contribution < -0.4 is 9.62 Å². The van der Waals surface area contributed by atoms with Gasteiger partial charge in [0, 0.05) is 12.2 Å². The molecule has 1 atom stereocenters. The summed E-state index contributed by atoms with van der Waals surface area (Å²) in [5, 5.41) is 0. The number of amides is 1. The number of ether oxygens (including phenoxy) is 1. The van der Waals surface area contributed by atoms with Gasteiger partial charge >= 0.3 is 6.09 Å². The molecule has 0 aromatic heterocycles. The Morgan fingerprint density at radius 1 is 1.24 bits per heavy atom. The number of rotatable bonds is 5. The highest BCUT2D eigenvalue weighted by Gasteiger charge is 2.33. The third-order valence-corrected chi connectivity index (χ3v) is 5.25. The number of halogens is 1. The van der Waals surface area contributed by atoms with Crippen molar-refractivity contribution < 1.29 is 22.3 Å². The molecular weight excluding hydrogens is 347 g/mol. The zero-order valence-corrected chi connectivity index (χ0v) is 14.3. The number of cyclic esters (lactones) is 1. The highest BCUT2D eigenvalue weighted by molar-refractivity contribution is 7.89. The van der Waals surface area contributed by atoms with Crippen LogP contribution in [-0.4, -0.2) is 33.7 Å². The average molecular weight is 364 g/mol. The minimum absolute atomic E-state index is 0.0474. The SMILES string of the molecule is Cc1cccc(N2CC(CNS(=O)(=O)c3ccc(F)cc3)OC2=O)c1. The van der Waals surface area contributed by atoms with Crippen LogP contribution in [0.4, 0.5) is 14.9 Å². The Morgan fingerprint density at radius 3 is 2.64 bits per heavy atom. The Balaban J connectivity index is 1.65. The number of carbonyl (C=O) groups is 1. The van der Waals surface area contributed by atoms with E-state index in [1.54, 1.807) is 6.07 Å². The van der Waals surface area contributed by atoms with E-state index in [0.29, 0.717) is 5.69 Å². The van der Waals surface area contributed by atoms with Gasteiger partial charge in [0.05, 0.1) is 11.4 Å². The lowest BCUT2D eigenvalue weighted by Crippen LogP contribution is -2.34. The van der Waals surface area contributed by atoms with E-state index in [1.165, 1.54) is 17.0 Å². The van der Waals surface area contributed by atoms with E-state index in [1.807, 2.05) is 25.1 Å². The van der Waals surface area contributed by atoms with Crippen LogP contribution in [0.1, 0.15) is 5.56 Å². The van der Waals surface area contributed by atoms with Gasteiger partial charge in [0.2, 0.25) is 10.0 Å². The van der Waals surface area contributed by atoms with Crippen LogP contribution in [-0.2, 0) is 14.8 Å². The van der Waals surface area contributed by atoms with Crippen molar-refractivity contribution in [3.8, 4) is 0 Å². The molecule has 0 spiro atoms. The van der Waals surface area contributed by atoms with Gasteiger partial charge in [-0.15, -0.1) is 0 Å². The summed E-state index contributed by atoms with van der Waals surface area (Å²) in [7, 11) is -3.80. The second-order valence-electron chi connectivity index (χ2n) is 5.76. The first-order valence-corrected chi connectivity index (χ1v) is 9.13. The molecule has 1 unspecified atom stereocenters. The molecule has 3 rings (SSSR count). The van der Waals surface area contributed by atoms with Gasteiger partial charge in [-0.1, -0.05) is 12.1 Å². The summed E-state index contributed by atoms with van der Waals surface area (Å²) in [6.45, 7) is 2.10. The van der Waals surface area contributed by atoms with Crippen LogP contribution >= 0.6 is 0 Å². The van der Waals surface area contributed by atoms with Gasteiger partial charge in [-0.2, -0.15) is 0 Å². The summed E-state index contributed by atoms with van der Waals surface area (Å²) in [4.78, 5) is 13.4. The molecule has 1 fully saturated rings. The monoisotopic (exact) mass is 364 g/mol. The lowest BCUT2D eigenvalue weighted by atomic mass is 10.2. The molecule has 25 heavy (non-hydrogen) atoms. The number of benzene rings is 2. The van der Waals surface area contributed by atoms with Crippen LogP contribution in [0.25, 0.3) is 0 Å². The first-order chi connectivity index (χ1) is 11.8. The molecule has 0 radical (unpaired) electrons. The van der Waals surface area contributed by atoms with Gasteiger partial charge in [-0.05, 0) is 48.9 Å². The molecule has 6 nitrogen and oxygen atoms in total. The molecule has 1 saturated heterocycles. The number of hydrogen-bond donors (Lipinski definition) is 1. The van der Waals surface area contributed by atoms with Crippen molar-refractivity contribution >= 4 is 21.8 Å². The van der Waals surface area contributed by atoms with Gasteiger partial charge in [0.15, 0.2) is 0 Å². The Hall–Kier alpha value is -2.45. The zero-order valence-electron chi connectivity index (χ0n) is 13.5. The lowest BCUT2D eigenvalue weighted by molar-refractivity contribution is 0.143. The molecule has 2 aromatic carbocycles. The summed E-state index contributed by atoms with van der Waals surface area (Å²) in [5.41, 5.74) is 1.71. The molecule has 0 aliphatic carbocycles. The number of hydrogen-bond acceptors (Lipinski definition) is 4. The average Bonchev–Trinajstić information content (AvgIpc) is 2.94. The zero-order chi connectivity index (χ0) is 18.0. The van der Waals surface area contributed by atoms with Gasteiger partial charge in [-0.3, -0.25) is 4.90 Å². The Kier molecular flexibility index (Phi) is 4.73. The summed E-state index contributed by atoms with van der Waals surface area (Å²) < 4.78 is 44.9. The van der Waals surface area contributed by atoms with E-state index in [4.69, 9.17) is 4.74 Å². The van der Waals surface area contributed by atoms with E-state index < -0.39 is 28.0 Å². The van der Waals surface area contributed by atoms with Crippen molar-refractivity contribution in [1.82, 2.24) is 4.72 Å². The van der Waals surface area contributed by atoms with Crippen LogP contribution in [0.5, 0.6) is 0 Å². The predicted molar refractivity (Wildman–Crippen MR) is 90.4 cm³/mol. The van der Waals surface area contributed by atoms with Crippen molar-refractivity contribution in [2.45, 2.75) is 17.9 Å². The number of carbonyl (C=O) groups excluding carboxylic acids is 1. The molecule has 0 bridgehead atoms. The van der Waals surface area contributed by atoms with Crippen molar-refractivity contribution in [3.05, 3.63) is 59.9 Å². The molecule has 132 valence electrons. The molecule has 1 aliphatic rings. The Morgan fingerprint density at radius 2 is 1.96 bits per heavy atom. The molecule has 8 heteroatoms. The number of nitrogens with one attached hydrogen (secondary N) is 1. The lowest BCUT2D eigenvalue weighted by Gasteiger charge is -2.13. The molecule has 1 amide bonds. The minimum Gasteiger partial charge on any atom is -0.443 e. The van der Waals surface area contributed by atoms with Gasteiger partial charge in [0.1, 0.15) is 11.9 Å². The van der Waals surface area contributed by atoms with Crippen LogP contribution in [0, 0.1) is 12.7 Å². The predicted octanol–water partition coefficient (Wildman–Crippen LogP) is 2.44. The second-order valence-corrected chi connectivity index (χ2v) is 7.53. The van der Waals surface area contributed by atoms with Crippen molar-refractivity contribution in [2.75, 3.05) is 18.0 Å². The summed E-state index contributed by atoms with van der Waals surface area (Å²) in [5.74, 6) is -0.516. The van der Waals surface area contributed by atoms with Crippen LogP contribution in [0.15, 0.2) is 53.4 Å². The fraction of sp³-hybridized carbons (Fsp3) is 0.235. The molecule has 1 heterocycles. The molecule has 0 saturated carbocycles. The second kappa shape index (κ2) is 6.81. The fourth-order valence-corrected chi connectivity index (χ4v) is 3.60. The number of anilines is 1. The highest BCUT2D eigenvalue weighted by atomic mass is 32.2. The topological polar surface area (TPSA) is 75.7 Å². The third-order valence-electron chi connectivity index (χ3n) is 3.81. The van der Waals surface area contributed by atoms with Crippen molar-refractivity contribution in [2.24, 2.45) is 0 Å². The number of sulfonamides is 1. The van der Waals surface area contributed by atoms with E-state index in [2.05, 4.69) is 4.72 Å². The normalized spacial score (nSPS) is 17.6. The van der Waals surface area contributed by atoms with E-state index in [0.717, 1.165) is 17.7 Å². The number of nitrogens with zero attached hydrogens (tertiary/aromatic N) is 1. The van der Waals surface area contributed by atoms with Crippen LogP contribution in [0.2, 0.25) is 0 Å². The Labute approximate surface area is 145 Å². The maximum atomic E-state index is 12.9. The maximum absolute atomic E-state index is 12.9. The fourth-order valence-electron chi connectivity index (χ4n) is 2.53. The number of aryl methyl sites for hydroxylation is 1. The highest BCUT2D eigenvalue weighted by Crippen LogP contribution is 2.22. The standard InChI is InChI=1S/C17H17FN2O4S/c1-12-3-2-4-14(9-12)20-11-15(24-17(20)21)10-19-25(22,23)16-7-5-13(18)6-8-16/h2-9,15,19H,10-11H2,1H3. The smallest absolute Gasteiger partial charge is 0.414 e. The van der Waals surface area contributed by atoms with Gasteiger partial charge in [-0.25, -0.2) is 22.3 Å². The third kappa shape index (κ3) is 3.97.